The molecule has 0 saturated heterocycles. The molecule has 0 spiro atoms. The lowest BCUT2D eigenvalue weighted by atomic mass is 10.2. The van der Waals surface area contributed by atoms with Crippen molar-refractivity contribution in [1.82, 2.24) is 9.97 Å². The first kappa shape index (κ1) is 11.9. The normalized spacial score (nSPS) is 22.4. The van der Waals surface area contributed by atoms with Crippen LogP contribution in [0.4, 0.5) is 11.6 Å². The first-order valence-corrected chi connectivity index (χ1v) is 7.57. The molecule has 110 valence electrons. The van der Waals surface area contributed by atoms with Gasteiger partial charge in [-0.2, -0.15) is 0 Å². The van der Waals surface area contributed by atoms with Gasteiger partial charge in [0.05, 0.1) is 0 Å². The number of hydrogen-bond acceptors (Lipinski definition) is 4. The number of carbonyl (C=O) groups excluding carboxylic acids is 1. The monoisotopic (exact) mass is 350 g/mol. The minimum Gasteiger partial charge on any atom is -0.370 e. The molecular weight excluding hydrogens is 332 g/mol. The van der Waals surface area contributed by atoms with Crippen LogP contribution < -0.4 is 10.6 Å². The zero-order chi connectivity index (χ0) is 16.8. The number of amides is 1. The number of aromatic nitrogens is 2. The van der Waals surface area contributed by atoms with Crippen LogP contribution in [0.15, 0.2) is 22.9 Å². The average Bonchev–Trinajstić information content (AvgIpc) is 3.18. The van der Waals surface area contributed by atoms with Gasteiger partial charge in [0, 0.05) is 42.8 Å². The van der Waals surface area contributed by atoms with Gasteiger partial charge in [0.25, 0.3) is 0 Å². The first-order chi connectivity index (χ1) is 10.7. The molecule has 0 unspecified atom stereocenters. The van der Waals surface area contributed by atoms with E-state index < -0.39 is 6.50 Å². The molecule has 2 N–H and O–H groups in total. The molecule has 0 aromatic carbocycles. The van der Waals surface area contributed by atoms with Crippen molar-refractivity contribution in [3.8, 4) is 0 Å². The zero-order valence-corrected chi connectivity index (χ0v) is 13.4. The molecule has 2 atom stereocenters. The van der Waals surface area contributed by atoms with Crippen molar-refractivity contribution in [2.45, 2.75) is 20.3 Å². The van der Waals surface area contributed by atoms with Crippen molar-refractivity contribution in [1.29, 1.82) is 0 Å². The summed E-state index contributed by atoms with van der Waals surface area (Å²) in [6.07, 6.45) is 4.12. The fourth-order valence-electron chi connectivity index (χ4n) is 2.29. The SMILES string of the molecule is [2H]C([2H])(C)Nc1ncc(Br)c2cc(NC(=O)[C@H]3C[C@H]3C)ncc12. The maximum absolute atomic E-state index is 12.0. The fraction of sp³-hybridized carbons (Fsp3) is 0.400. The highest BCUT2D eigenvalue weighted by atomic mass is 79.9. The van der Waals surface area contributed by atoms with Crippen LogP contribution in [0.3, 0.4) is 0 Å². The topological polar surface area (TPSA) is 66.9 Å². The Balaban J connectivity index is 1.93. The Bertz CT molecular complexity index is 778. The molecule has 0 aliphatic heterocycles. The second-order valence-corrected chi connectivity index (χ2v) is 6.11. The number of nitrogens with zero attached hydrogens (tertiary/aromatic N) is 2. The highest BCUT2D eigenvalue weighted by Crippen LogP contribution is 2.38. The molecule has 0 radical (unpaired) electrons. The highest BCUT2D eigenvalue weighted by Gasteiger charge is 2.39. The van der Waals surface area contributed by atoms with Gasteiger partial charge < -0.3 is 10.6 Å². The van der Waals surface area contributed by atoms with Crippen LogP contribution >= 0.6 is 15.9 Å². The molecule has 1 aliphatic carbocycles. The van der Waals surface area contributed by atoms with Crippen LogP contribution in [0.2, 0.25) is 0 Å². The number of hydrogen-bond donors (Lipinski definition) is 2. The first-order valence-electron chi connectivity index (χ1n) is 7.78. The molecule has 1 saturated carbocycles. The average molecular weight is 351 g/mol. The molecule has 2 aromatic rings. The van der Waals surface area contributed by atoms with Crippen molar-refractivity contribution in [2.75, 3.05) is 17.1 Å². The summed E-state index contributed by atoms with van der Waals surface area (Å²) in [7, 11) is 0. The van der Waals surface area contributed by atoms with E-state index in [9.17, 15) is 4.79 Å². The maximum atomic E-state index is 12.0. The highest BCUT2D eigenvalue weighted by molar-refractivity contribution is 9.10. The van der Waals surface area contributed by atoms with Crippen LogP contribution in [-0.2, 0) is 4.79 Å². The van der Waals surface area contributed by atoms with E-state index in [0.717, 1.165) is 16.3 Å². The van der Waals surface area contributed by atoms with Gasteiger partial charge in [-0.1, -0.05) is 6.92 Å². The summed E-state index contributed by atoms with van der Waals surface area (Å²) in [6.45, 7) is 1.88. The molecule has 2 aromatic heterocycles. The van der Waals surface area contributed by atoms with E-state index in [1.807, 2.05) is 0 Å². The Labute approximate surface area is 134 Å². The summed E-state index contributed by atoms with van der Waals surface area (Å²) in [6, 6.07) is 1.77. The van der Waals surface area contributed by atoms with E-state index in [4.69, 9.17) is 2.74 Å². The Morgan fingerprint density at radius 1 is 1.48 bits per heavy atom. The Kier molecular flexibility index (Phi) is 3.18. The minimum atomic E-state index is -1.59. The number of pyridine rings is 2. The fourth-order valence-corrected chi connectivity index (χ4v) is 2.73. The van der Waals surface area contributed by atoms with Crippen LogP contribution in [0.5, 0.6) is 0 Å². The summed E-state index contributed by atoms with van der Waals surface area (Å²) >= 11 is 3.44. The summed E-state index contributed by atoms with van der Waals surface area (Å²) in [5.41, 5.74) is 0. The van der Waals surface area contributed by atoms with Crippen molar-refractivity contribution < 1.29 is 7.54 Å². The summed E-state index contributed by atoms with van der Waals surface area (Å²) in [4.78, 5) is 20.5. The molecule has 1 fully saturated rings. The van der Waals surface area contributed by atoms with Gasteiger partial charge >= 0.3 is 0 Å². The maximum Gasteiger partial charge on any atom is 0.228 e. The van der Waals surface area contributed by atoms with E-state index in [-0.39, 0.29) is 11.8 Å². The van der Waals surface area contributed by atoms with E-state index >= 15 is 0 Å². The molecule has 21 heavy (non-hydrogen) atoms. The number of rotatable bonds is 4. The molecular formula is C15H17BrN4O. The van der Waals surface area contributed by atoms with E-state index in [2.05, 4.69) is 43.5 Å². The van der Waals surface area contributed by atoms with Gasteiger partial charge in [0.15, 0.2) is 0 Å². The minimum absolute atomic E-state index is 0.00207. The van der Waals surface area contributed by atoms with Crippen LogP contribution in [0.25, 0.3) is 10.8 Å². The lowest BCUT2D eigenvalue weighted by molar-refractivity contribution is -0.117. The molecule has 2 heterocycles. The smallest absolute Gasteiger partial charge is 0.228 e. The lowest BCUT2D eigenvalue weighted by Crippen LogP contribution is -2.15. The standard InChI is InChI=1S/C15H17BrN4O/c1-3-17-14-11-6-18-13(5-10(11)12(16)7-19-14)20-15(21)9-4-8(9)2/h5-9H,3-4H2,1-2H3,(H,17,19)(H,18,20,21)/t8-,9+/m1/s1/i3D2. The third kappa shape index (κ3) is 2.85. The van der Waals surface area contributed by atoms with Gasteiger partial charge in [-0.25, -0.2) is 9.97 Å². The molecule has 0 bridgehead atoms. The molecule has 1 aliphatic rings. The van der Waals surface area contributed by atoms with E-state index in [1.165, 1.54) is 6.92 Å². The van der Waals surface area contributed by atoms with Gasteiger partial charge in [-0.3, -0.25) is 4.79 Å². The zero-order valence-electron chi connectivity index (χ0n) is 13.8. The number of halogens is 1. The molecule has 5 nitrogen and oxygen atoms in total. The van der Waals surface area contributed by atoms with Gasteiger partial charge in [0.1, 0.15) is 11.6 Å². The Morgan fingerprint density at radius 3 is 2.90 bits per heavy atom. The number of anilines is 2. The van der Waals surface area contributed by atoms with Crippen LogP contribution in [-0.4, -0.2) is 22.4 Å². The van der Waals surface area contributed by atoms with E-state index in [0.29, 0.717) is 22.9 Å². The largest absolute Gasteiger partial charge is 0.370 e. The number of carbonyl (C=O) groups is 1. The second kappa shape index (κ2) is 5.60. The van der Waals surface area contributed by atoms with Crippen LogP contribution in [0, 0.1) is 11.8 Å². The lowest BCUT2D eigenvalue weighted by Gasteiger charge is -2.10. The third-order valence-electron chi connectivity index (χ3n) is 3.66. The van der Waals surface area contributed by atoms with Crippen molar-refractivity contribution in [3.05, 3.63) is 22.9 Å². The van der Waals surface area contributed by atoms with Gasteiger partial charge in [-0.05, 0) is 41.3 Å². The molecule has 6 heteroatoms. The summed E-state index contributed by atoms with van der Waals surface area (Å²) in [5, 5.41) is 7.04. The summed E-state index contributed by atoms with van der Waals surface area (Å²) in [5.74, 6) is 1.42. The van der Waals surface area contributed by atoms with E-state index in [1.54, 1.807) is 18.5 Å². The predicted octanol–water partition coefficient (Wildman–Crippen LogP) is 3.42. The van der Waals surface area contributed by atoms with Crippen LogP contribution in [0.1, 0.15) is 23.0 Å². The predicted molar refractivity (Wildman–Crippen MR) is 87.3 cm³/mol. The van der Waals surface area contributed by atoms with Gasteiger partial charge in [0.2, 0.25) is 5.91 Å². The third-order valence-corrected chi connectivity index (χ3v) is 4.30. The molecule has 1 amide bonds. The Morgan fingerprint density at radius 2 is 2.24 bits per heavy atom. The number of nitrogens with one attached hydrogen (secondary N) is 2. The van der Waals surface area contributed by atoms with Crippen molar-refractivity contribution in [2.24, 2.45) is 11.8 Å². The molecule has 3 rings (SSSR count). The van der Waals surface area contributed by atoms with Crippen molar-refractivity contribution >= 4 is 44.2 Å². The quantitative estimate of drug-likeness (QED) is 0.886. The second-order valence-electron chi connectivity index (χ2n) is 5.25. The van der Waals surface area contributed by atoms with Crippen molar-refractivity contribution in [3.63, 3.8) is 0 Å². The Hall–Kier alpha value is -1.69. The van der Waals surface area contributed by atoms with Gasteiger partial charge in [-0.15, -0.1) is 0 Å². The number of fused-ring (bicyclic) bond motifs is 1. The summed E-state index contributed by atoms with van der Waals surface area (Å²) < 4.78 is 16.0.